The van der Waals surface area contributed by atoms with Gasteiger partial charge in [0.25, 0.3) is 5.91 Å². The van der Waals surface area contributed by atoms with Crippen LogP contribution >= 0.6 is 0 Å². The van der Waals surface area contributed by atoms with Crippen molar-refractivity contribution < 1.29 is 28.6 Å². The first kappa shape index (κ1) is 21.1. The third-order valence-corrected chi connectivity index (χ3v) is 4.43. The van der Waals surface area contributed by atoms with Crippen LogP contribution in [0.3, 0.4) is 0 Å². The Morgan fingerprint density at radius 3 is 2.53 bits per heavy atom. The first-order valence-corrected chi connectivity index (χ1v) is 9.59. The first-order valence-electron chi connectivity index (χ1n) is 9.59. The Hall–Kier alpha value is -3.61. The molecule has 1 heterocycles. The summed E-state index contributed by atoms with van der Waals surface area (Å²) in [6.07, 6.45) is 3.16. The van der Waals surface area contributed by atoms with E-state index in [0.717, 1.165) is 11.1 Å². The number of rotatable bonds is 8. The molecule has 30 heavy (non-hydrogen) atoms. The lowest BCUT2D eigenvalue weighted by atomic mass is 10.0. The van der Waals surface area contributed by atoms with Crippen molar-refractivity contribution in [1.29, 1.82) is 0 Å². The molecule has 1 aliphatic heterocycles. The van der Waals surface area contributed by atoms with Gasteiger partial charge < -0.3 is 19.5 Å². The van der Waals surface area contributed by atoms with Gasteiger partial charge in [-0.1, -0.05) is 36.4 Å². The molecule has 0 aliphatic carbocycles. The molecule has 7 heteroatoms. The number of fused-ring (bicyclic) bond motifs is 1. The summed E-state index contributed by atoms with van der Waals surface area (Å²) in [5, 5.41) is 2.61. The molecule has 0 aromatic heterocycles. The van der Waals surface area contributed by atoms with Gasteiger partial charge in [-0.15, -0.1) is 0 Å². The Balaban J connectivity index is 1.48. The zero-order chi connectivity index (χ0) is 21.3. The maximum Gasteiger partial charge on any atom is 0.331 e. The van der Waals surface area contributed by atoms with E-state index in [1.165, 1.54) is 13.0 Å². The molecule has 7 nitrogen and oxygen atoms in total. The molecule has 2 aromatic carbocycles. The van der Waals surface area contributed by atoms with Crippen LogP contribution in [0.4, 0.5) is 0 Å². The lowest BCUT2D eigenvalue weighted by Gasteiger charge is -2.18. The fourth-order valence-corrected chi connectivity index (χ4v) is 2.89. The fourth-order valence-electron chi connectivity index (χ4n) is 2.89. The van der Waals surface area contributed by atoms with Gasteiger partial charge in [0.05, 0.1) is 6.04 Å². The highest BCUT2D eigenvalue weighted by atomic mass is 16.6. The molecule has 0 spiro atoms. The molecule has 0 radical (unpaired) electrons. The van der Waals surface area contributed by atoms with E-state index in [1.807, 2.05) is 30.3 Å². The van der Waals surface area contributed by atoms with Crippen LogP contribution in [0.25, 0.3) is 6.08 Å². The van der Waals surface area contributed by atoms with Gasteiger partial charge in [-0.05, 0) is 42.7 Å². The molecule has 0 unspecified atom stereocenters. The number of amides is 1. The van der Waals surface area contributed by atoms with E-state index in [9.17, 15) is 14.4 Å². The maximum atomic E-state index is 12.1. The molecule has 0 saturated carbocycles. The third kappa shape index (κ3) is 6.20. The Morgan fingerprint density at radius 2 is 1.80 bits per heavy atom. The fraction of sp³-hybridized carbons (Fsp3) is 0.261. The summed E-state index contributed by atoms with van der Waals surface area (Å²) in [6.45, 7) is 1.92. The molecule has 1 atom stereocenters. The van der Waals surface area contributed by atoms with Crippen LogP contribution in [0.15, 0.2) is 54.6 Å². The smallest absolute Gasteiger partial charge is 0.331 e. The second kappa shape index (κ2) is 10.2. The van der Waals surface area contributed by atoms with Gasteiger partial charge in [0.15, 0.2) is 23.9 Å². The highest BCUT2D eigenvalue weighted by molar-refractivity contribution is 5.91. The summed E-state index contributed by atoms with van der Waals surface area (Å²) in [6, 6.07) is 14.0. The molecule has 3 rings (SSSR count). The highest BCUT2D eigenvalue weighted by Gasteiger charge is 2.18. The largest absolute Gasteiger partial charge is 0.486 e. The summed E-state index contributed by atoms with van der Waals surface area (Å²) in [5.74, 6) is -0.0928. The van der Waals surface area contributed by atoms with Gasteiger partial charge in [-0.3, -0.25) is 9.59 Å². The molecular formula is C23H23NO6. The summed E-state index contributed by atoms with van der Waals surface area (Å²) < 4.78 is 15.9. The molecule has 1 N–H and O–H groups in total. The van der Waals surface area contributed by atoms with Crippen LogP contribution in [0.5, 0.6) is 11.5 Å². The predicted molar refractivity (Wildman–Crippen MR) is 110 cm³/mol. The van der Waals surface area contributed by atoms with E-state index in [2.05, 4.69) is 5.32 Å². The summed E-state index contributed by atoms with van der Waals surface area (Å²) in [4.78, 5) is 35.8. The highest BCUT2D eigenvalue weighted by Crippen LogP contribution is 2.31. The van der Waals surface area contributed by atoms with Crippen molar-refractivity contribution >= 4 is 23.7 Å². The second-order valence-electron chi connectivity index (χ2n) is 6.76. The second-order valence-corrected chi connectivity index (χ2v) is 6.76. The van der Waals surface area contributed by atoms with Crippen molar-refractivity contribution in [2.24, 2.45) is 0 Å². The van der Waals surface area contributed by atoms with Crippen LogP contribution in [-0.2, 0) is 25.5 Å². The van der Waals surface area contributed by atoms with Gasteiger partial charge in [-0.2, -0.15) is 0 Å². The monoisotopic (exact) mass is 409 g/mol. The molecule has 1 amide bonds. The lowest BCUT2D eigenvalue weighted by molar-refractivity contribution is -0.144. The summed E-state index contributed by atoms with van der Waals surface area (Å²) >= 11 is 0. The van der Waals surface area contributed by atoms with E-state index in [4.69, 9.17) is 14.2 Å². The van der Waals surface area contributed by atoms with Crippen molar-refractivity contribution in [3.05, 3.63) is 65.7 Å². The number of Topliss-reactive ketones (excluding diaryl/α,β-unsaturated/α-hetero) is 1. The minimum absolute atomic E-state index is 0.169. The van der Waals surface area contributed by atoms with Gasteiger partial charge in [0, 0.05) is 6.08 Å². The zero-order valence-corrected chi connectivity index (χ0v) is 16.6. The molecular weight excluding hydrogens is 386 g/mol. The third-order valence-electron chi connectivity index (χ3n) is 4.43. The molecule has 0 bridgehead atoms. The minimum atomic E-state index is -0.674. The zero-order valence-electron chi connectivity index (χ0n) is 16.6. The van der Waals surface area contributed by atoms with Gasteiger partial charge in [0.1, 0.15) is 13.2 Å². The number of benzene rings is 2. The van der Waals surface area contributed by atoms with E-state index in [-0.39, 0.29) is 5.78 Å². The van der Waals surface area contributed by atoms with E-state index < -0.39 is 24.5 Å². The van der Waals surface area contributed by atoms with E-state index in [0.29, 0.717) is 31.1 Å². The van der Waals surface area contributed by atoms with Crippen molar-refractivity contribution in [3.8, 4) is 11.5 Å². The van der Waals surface area contributed by atoms with Crippen molar-refractivity contribution in [3.63, 3.8) is 0 Å². The van der Waals surface area contributed by atoms with Crippen LogP contribution in [0.1, 0.15) is 18.1 Å². The van der Waals surface area contributed by atoms with E-state index in [1.54, 1.807) is 24.3 Å². The maximum absolute atomic E-state index is 12.1. The number of ether oxygens (including phenoxy) is 3. The summed E-state index contributed by atoms with van der Waals surface area (Å²) in [7, 11) is 0. The predicted octanol–water partition coefficient (Wildman–Crippen LogP) is 2.33. The van der Waals surface area contributed by atoms with Gasteiger partial charge >= 0.3 is 5.97 Å². The summed E-state index contributed by atoms with van der Waals surface area (Å²) in [5.41, 5.74) is 1.66. The Labute approximate surface area is 174 Å². The lowest BCUT2D eigenvalue weighted by Crippen LogP contribution is -2.43. The average Bonchev–Trinajstić information content (AvgIpc) is 2.76. The van der Waals surface area contributed by atoms with Crippen molar-refractivity contribution in [2.75, 3.05) is 19.8 Å². The number of nitrogens with one attached hydrogen (secondary N) is 1. The number of carbonyl (C=O) groups is 3. The minimum Gasteiger partial charge on any atom is -0.486 e. The Morgan fingerprint density at radius 1 is 1.07 bits per heavy atom. The van der Waals surface area contributed by atoms with Crippen molar-refractivity contribution in [2.45, 2.75) is 19.4 Å². The molecule has 0 fully saturated rings. The first-order chi connectivity index (χ1) is 14.5. The number of esters is 1. The van der Waals surface area contributed by atoms with Crippen LogP contribution in [-0.4, -0.2) is 43.5 Å². The van der Waals surface area contributed by atoms with Crippen LogP contribution in [0.2, 0.25) is 0 Å². The molecule has 156 valence electrons. The number of hydrogen-bond donors (Lipinski definition) is 1. The SMILES string of the molecule is CC(=O)[C@H](Cc1ccccc1)NC(=O)COC(=O)/C=C/c1ccc2c(c1)OCCO2. The average molecular weight is 409 g/mol. The number of ketones is 1. The number of hydrogen-bond acceptors (Lipinski definition) is 6. The Bertz CT molecular complexity index is 938. The van der Waals surface area contributed by atoms with Gasteiger partial charge in [0.2, 0.25) is 0 Å². The van der Waals surface area contributed by atoms with Crippen LogP contribution in [0, 0.1) is 0 Å². The Kier molecular flexibility index (Phi) is 7.21. The molecule has 0 saturated heterocycles. The standard InChI is InChI=1S/C23H23NO6/c1-16(25)19(13-17-5-3-2-4-6-17)24-22(26)15-30-23(27)10-8-18-7-9-20-21(14-18)29-12-11-28-20/h2-10,14,19H,11-13,15H2,1H3,(H,24,26)/b10-8+/t19-/m0/s1. The molecule has 2 aromatic rings. The topological polar surface area (TPSA) is 90.9 Å². The van der Waals surface area contributed by atoms with Gasteiger partial charge in [-0.25, -0.2) is 4.79 Å². The van der Waals surface area contributed by atoms with E-state index >= 15 is 0 Å². The van der Waals surface area contributed by atoms with Crippen molar-refractivity contribution in [1.82, 2.24) is 5.32 Å². The quantitative estimate of drug-likeness (QED) is 0.532. The number of carbonyl (C=O) groups excluding carboxylic acids is 3. The molecule has 1 aliphatic rings. The van der Waals surface area contributed by atoms with Crippen LogP contribution < -0.4 is 14.8 Å². The normalized spacial score (nSPS) is 13.5.